The summed E-state index contributed by atoms with van der Waals surface area (Å²) >= 11 is 0. The lowest BCUT2D eigenvalue weighted by Crippen LogP contribution is -2.59. The van der Waals surface area contributed by atoms with Gasteiger partial charge >= 0.3 is 0 Å². The van der Waals surface area contributed by atoms with Crippen LogP contribution < -0.4 is 9.80 Å². The number of carbonyl (C=O) groups excluding carboxylic acids is 3. The van der Waals surface area contributed by atoms with E-state index in [4.69, 9.17) is 4.74 Å². The van der Waals surface area contributed by atoms with Crippen LogP contribution in [0.3, 0.4) is 0 Å². The lowest BCUT2D eigenvalue weighted by molar-refractivity contribution is -0.149. The highest BCUT2D eigenvalue weighted by molar-refractivity contribution is 6.08. The average molecular weight is 598 g/mol. The number of amides is 3. The number of ether oxygens (including phenoxy) is 1. The Morgan fingerprint density at radius 2 is 1.52 bits per heavy atom. The van der Waals surface area contributed by atoms with Crippen molar-refractivity contribution in [3.8, 4) is 0 Å². The van der Waals surface area contributed by atoms with Crippen molar-refractivity contribution in [2.45, 2.75) is 70.7 Å². The molecule has 2 aromatic rings. The van der Waals surface area contributed by atoms with Crippen LogP contribution in [0.5, 0.6) is 0 Å². The molecule has 0 saturated carbocycles. The average Bonchev–Trinajstić information content (AvgIpc) is 3.30. The van der Waals surface area contributed by atoms with Crippen molar-refractivity contribution in [1.29, 1.82) is 0 Å². The summed E-state index contributed by atoms with van der Waals surface area (Å²) in [6.45, 7) is 10.4. The third-order valence-corrected chi connectivity index (χ3v) is 10.0. The molecule has 2 fully saturated rings. The van der Waals surface area contributed by atoms with Gasteiger partial charge in [-0.15, -0.1) is 0 Å². The predicted octanol–water partition coefficient (Wildman–Crippen LogP) is 4.58. The Morgan fingerprint density at radius 1 is 0.864 bits per heavy atom. The van der Waals surface area contributed by atoms with Gasteiger partial charge in [0.25, 0.3) is 5.91 Å². The van der Waals surface area contributed by atoms with Gasteiger partial charge < -0.3 is 24.5 Å². The molecule has 0 aliphatic carbocycles. The molecular weight excluding hydrogens is 554 g/mol. The highest BCUT2D eigenvalue weighted by Gasteiger charge is 2.76. The fourth-order valence-corrected chi connectivity index (χ4v) is 8.19. The second-order valence-corrected chi connectivity index (χ2v) is 13.1. The molecule has 4 heterocycles. The zero-order valence-corrected chi connectivity index (χ0v) is 26.3. The van der Waals surface area contributed by atoms with Gasteiger partial charge in [-0.05, 0) is 55.9 Å². The topological polar surface area (TPSA) is 90.4 Å². The highest BCUT2D eigenvalue weighted by atomic mass is 16.5. The highest BCUT2D eigenvalue weighted by Crippen LogP contribution is 2.59. The lowest BCUT2D eigenvalue weighted by Gasteiger charge is -2.41. The molecular formula is C36H43N3O5. The summed E-state index contributed by atoms with van der Waals surface area (Å²) in [4.78, 5) is 49.6. The van der Waals surface area contributed by atoms with Gasteiger partial charge in [-0.3, -0.25) is 14.4 Å². The molecule has 0 radical (unpaired) electrons. The minimum absolute atomic E-state index is 0.161. The van der Waals surface area contributed by atoms with E-state index in [1.165, 1.54) is 0 Å². The normalized spacial score (nSPS) is 30.4. The fraction of sp³-hybridized carbons (Fsp3) is 0.472. The van der Waals surface area contributed by atoms with Gasteiger partial charge in [0.15, 0.2) is 0 Å². The fourth-order valence-electron chi connectivity index (χ4n) is 8.19. The number of para-hydroxylation sites is 2. The molecule has 6 rings (SSSR count). The number of aliphatic hydroxyl groups excluding tert-OH is 1. The summed E-state index contributed by atoms with van der Waals surface area (Å²) < 4.78 is 7.13. The molecule has 2 saturated heterocycles. The minimum Gasteiger partial charge on any atom is -0.394 e. The van der Waals surface area contributed by atoms with Crippen molar-refractivity contribution in [2.75, 3.05) is 29.5 Å². The molecule has 44 heavy (non-hydrogen) atoms. The first-order valence-electron chi connectivity index (χ1n) is 15.8. The van der Waals surface area contributed by atoms with Gasteiger partial charge in [-0.1, -0.05) is 81.5 Å². The number of rotatable bonds is 7. The minimum atomic E-state index is -1.38. The molecule has 6 atom stereocenters. The number of hydrogen-bond acceptors (Lipinski definition) is 5. The third-order valence-electron chi connectivity index (χ3n) is 10.0. The lowest BCUT2D eigenvalue weighted by atomic mass is 9.73. The number of aliphatic hydroxyl groups is 1. The van der Waals surface area contributed by atoms with E-state index in [-0.39, 0.29) is 30.2 Å². The standard InChI is InChI=1S/C36H43N3O5/c1-6-35-17-11-19-37(26-15-8-7-9-16-26)32(41)28(35)29-33(42)39(27(22-40)21-23(2)3)31-34(43)38(20-12-18-36(29,31)44-35)30-24(4)13-10-14-25(30)5/h7-18,23,27-29,31,40H,6,19-22H2,1-5H3/t27-,28+,29+,31?,35-,36+/m1/s1. The Bertz CT molecular complexity index is 1500. The van der Waals surface area contributed by atoms with Gasteiger partial charge in [0.1, 0.15) is 11.6 Å². The van der Waals surface area contributed by atoms with Crippen molar-refractivity contribution in [3.05, 3.63) is 84.0 Å². The Morgan fingerprint density at radius 3 is 2.16 bits per heavy atom. The van der Waals surface area contributed by atoms with Crippen LogP contribution in [-0.2, 0) is 19.1 Å². The molecule has 1 unspecified atom stereocenters. The molecule has 8 heteroatoms. The van der Waals surface area contributed by atoms with Crippen LogP contribution in [0.4, 0.5) is 11.4 Å². The molecule has 4 aliphatic heterocycles. The van der Waals surface area contributed by atoms with Crippen LogP contribution in [-0.4, -0.2) is 70.7 Å². The predicted molar refractivity (Wildman–Crippen MR) is 170 cm³/mol. The van der Waals surface area contributed by atoms with E-state index in [0.717, 1.165) is 22.5 Å². The Labute approximate surface area is 260 Å². The first-order valence-corrected chi connectivity index (χ1v) is 15.8. The Hall–Kier alpha value is -3.75. The number of benzene rings is 2. The molecule has 2 aromatic carbocycles. The zero-order chi connectivity index (χ0) is 31.4. The van der Waals surface area contributed by atoms with Crippen molar-refractivity contribution in [1.82, 2.24) is 4.90 Å². The molecule has 232 valence electrons. The van der Waals surface area contributed by atoms with Crippen molar-refractivity contribution in [2.24, 2.45) is 17.8 Å². The summed E-state index contributed by atoms with van der Waals surface area (Å²) in [5.41, 5.74) is 1.00. The molecule has 3 amide bonds. The number of fused-ring (bicyclic) bond motifs is 2. The van der Waals surface area contributed by atoms with E-state index >= 15 is 0 Å². The maximum Gasteiger partial charge on any atom is 0.253 e. The van der Waals surface area contributed by atoms with Crippen LogP contribution in [0.2, 0.25) is 0 Å². The maximum atomic E-state index is 15.0. The molecule has 0 aromatic heterocycles. The summed E-state index contributed by atoms with van der Waals surface area (Å²) in [7, 11) is 0. The summed E-state index contributed by atoms with van der Waals surface area (Å²) in [5.74, 6) is -2.39. The molecule has 4 aliphatic rings. The SMILES string of the molecule is CC[C@@]12C=CCN(c3ccccc3)C(=O)[C@@H]1[C@H]1C(=O)N([C@@H](CO)CC(C)C)C3C(=O)N(c4c(C)cccc4C)CC=C[C@@]31O2. The number of anilines is 2. The van der Waals surface area contributed by atoms with E-state index < -0.39 is 35.1 Å². The van der Waals surface area contributed by atoms with Gasteiger partial charge in [0, 0.05) is 24.5 Å². The van der Waals surface area contributed by atoms with Gasteiger partial charge in [0.2, 0.25) is 11.8 Å². The van der Waals surface area contributed by atoms with Gasteiger partial charge in [0.05, 0.1) is 30.1 Å². The molecule has 8 nitrogen and oxygen atoms in total. The van der Waals surface area contributed by atoms with Gasteiger partial charge in [-0.25, -0.2) is 0 Å². The van der Waals surface area contributed by atoms with Crippen molar-refractivity contribution < 1.29 is 24.2 Å². The summed E-state index contributed by atoms with van der Waals surface area (Å²) in [6, 6.07) is 13.7. The van der Waals surface area contributed by atoms with Crippen LogP contribution in [0.15, 0.2) is 72.8 Å². The maximum absolute atomic E-state index is 15.0. The Kier molecular flexibility index (Phi) is 7.79. The van der Waals surface area contributed by atoms with Crippen LogP contribution in [0, 0.1) is 31.6 Å². The first-order chi connectivity index (χ1) is 21.1. The number of hydrogen-bond donors (Lipinski definition) is 1. The van der Waals surface area contributed by atoms with Crippen LogP contribution in [0.1, 0.15) is 44.7 Å². The Balaban J connectivity index is 1.54. The molecule has 1 spiro atoms. The van der Waals surface area contributed by atoms with Crippen LogP contribution >= 0.6 is 0 Å². The van der Waals surface area contributed by atoms with E-state index in [0.29, 0.717) is 25.9 Å². The molecule has 1 N–H and O–H groups in total. The smallest absolute Gasteiger partial charge is 0.253 e. The van der Waals surface area contributed by atoms with E-state index in [2.05, 4.69) is 0 Å². The monoisotopic (exact) mass is 597 g/mol. The van der Waals surface area contributed by atoms with E-state index in [9.17, 15) is 19.5 Å². The van der Waals surface area contributed by atoms with Crippen molar-refractivity contribution in [3.63, 3.8) is 0 Å². The zero-order valence-electron chi connectivity index (χ0n) is 26.3. The second-order valence-electron chi connectivity index (χ2n) is 13.1. The summed E-state index contributed by atoms with van der Waals surface area (Å²) in [6.07, 6.45) is 8.67. The largest absolute Gasteiger partial charge is 0.394 e. The molecule has 0 bridgehead atoms. The van der Waals surface area contributed by atoms with Gasteiger partial charge in [-0.2, -0.15) is 0 Å². The third kappa shape index (κ3) is 4.45. The van der Waals surface area contributed by atoms with Crippen molar-refractivity contribution >= 4 is 29.1 Å². The summed E-state index contributed by atoms with van der Waals surface area (Å²) in [5, 5.41) is 10.7. The van der Waals surface area contributed by atoms with Crippen LogP contribution in [0.25, 0.3) is 0 Å². The quantitative estimate of drug-likeness (QED) is 0.472. The number of likely N-dealkylation sites (tertiary alicyclic amines) is 1. The van der Waals surface area contributed by atoms with E-state index in [1.807, 2.05) is 107 Å². The first kappa shape index (κ1) is 30.3. The van der Waals surface area contributed by atoms with E-state index in [1.54, 1.807) is 14.7 Å². The second kappa shape index (κ2) is 11.3. The number of nitrogens with zero attached hydrogens (tertiary/aromatic N) is 3. The number of aryl methyl sites for hydroxylation is 2. The number of carbonyl (C=O) groups is 3.